The highest BCUT2D eigenvalue weighted by molar-refractivity contribution is 7.92. The average Bonchev–Trinajstić information content (AvgIpc) is 2.75. The lowest BCUT2D eigenvalue weighted by molar-refractivity contribution is 0.127. The number of rotatable bonds is 4. The van der Waals surface area contributed by atoms with Gasteiger partial charge in [-0.3, -0.25) is 4.72 Å². The van der Waals surface area contributed by atoms with Gasteiger partial charge in [-0.25, -0.2) is 12.8 Å². The van der Waals surface area contributed by atoms with E-state index in [9.17, 15) is 12.8 Å². The van der Waals surface area contributed by atoms with Crippen molar-refractivity contribution in [2.45, 2.75) is 18.9 Å². The number of ether oxygens (including phenoxy) is 1. The van der Waals surface area contributed by atoms with Gasteiger partial charge in [0.2, 0.25) is 10.0 Å². The Balaban J connectivity index is 2.12. The molecule has 0 bridgehead atoms. The molecule has 0 spiro atoms. The molecule has 3 N–H and O–H groups in total. The van der Waals surface area contributed by atoms with Crippen molar-refractivity contribution in [3.05, 3.63) is 24.0 Å². The number of hydrogen-bond donors (Lipinski definition) is 2. The first-order valence-corrected chi connectivity index (χ1v) is 7.29. The van der Waals surface area contributed by atoms with Gasteiger partial charge in [0.05, 0.1) is 17.5 Å². The van der Waals surface area contributed by atoms with Crippen molar-refractivity contribution < 1.29 is 17.5 Å². The lowest BCUT2D eigenvalue weighted by atomic mass is 10.3. The van der Waals surface area contributed by atoms with E-state index < -0.39 is 15.8 Å². The van der Waals surface area contributed by atoms with Gasteiger partial charge >= 0.3 is 0 Å². The standard InChI is InChI=1S/C11H15FN2O3S/c12-9-4-1-5-10(13)11(9)14-18(15,16)7-8-3-2-6-17-8/h1,4-5,8,14H,2-3,6-7,13H2. The molecule has 7 heteroatoms. The van der Waals surface area contributed by atoms with Crippen LogP contribution in [0.2, 0.25) is 0 Å². The number of para-hydroxylation sites is 1. The molecule has 2 rings (SSSR count). The van der Waals surface area contributed by atoms with Gasteiger partial charge < -0.3 is 10.5 Å². The maximum Gasteiger partial charge on any atom is 0.235 e. The van der Waals surface area contributed by atoms with Crippen LogP contribution in [0, 0.1) is 5.82 Å². The van der Waals surface area contributed by atoms with Crippen molar-refractivity contribution >= 4 is 21.4 Å². The van der Waals surface area contributed by atoms with Gasteiger partial charge in [0.25, 0.3) is 0 Å². The minimum absolute atomic E-state index is 0.0610. The zero-order valence-corrected chi connectivity index (χ0v) is 10.5. The van der Waals surface area contributed by atoms with Crippen LogP contribution in [0.25, 0.3) is 0 Å². The van der Waals surface area contributed by atoms with E-state index in [1.165, 1.54) is 12.1 Å². The summed E-state index contributed by atoms with van der Waals surface area (Å²) in [4.78, 5) is 0. The van der Waals surface area contributed by atoms with E-state index in [0.717, 1.165) is 12.5 Å². The topological polar surface area (TPSA) is 81.4 Å². The lowest BCUT2D eigenvalue weighted by Gasteiger charge is -2.13. The summed E-state index contributed by atoms with van der Waals surface area (Å²) >= 11 is 0. The molecule has 1 heterocycles. The molecule has 18 heavy (non-hydrogen) atoms. The molecule has 0 amide bonds. The maximum atomic E-state index is 13.5. The Morgan fingerprint density at radius 2 is 2.28 bits per heavy atom. The Labute approximate surface area is 105 Å². The minimum Gasteiger partial charge on any atom is -0.397 e. The normalized spacial score (nSPS) is 19.9. The summed E-state index contributed by atoms with van der Waals surface area (Å²) in [6.07, 6.45) is 1.23. The van der Waals surface area contributed by atoms with Crippen molar-refractivity contribution in [2.24, 2.45) is 0 Å². The van der Waals surface area contributed by atoms with Crippen LogP contribution in [0.3, 0.4) is 0 Å². The third-order valence-electron chi connectivity index (χ3n) is 2.73. The molecule has 100 valence electrons. The first-order chi connectivity index (χ1) is 8.48. The van der Waals surface area contributed by atoms with E-state index in [-0.39, 0.29) is 23.2 Å². The van der Waals surface area contributed by atoms with Crippen LogP contribution in [0.1, 0.15) is 12.8 Å². The zero-order chi connectivity index (χ0) is 13.2. The number of anilines is 2. The first-order valence-electron chi connectivity index (χ1n) is 5.64. The summed E-state index contributed by atoms with van der Waals surface area (Å²) in [6, 6.07) is 4.01. The SMILES string of the molecule is Nc1cccc(F)c1NS(=O)(=O)CC1CCCO1. The first kappa shape index (κ1) is 13.1. The number of nitrogens with two attached hydrogens (primary N) is 1. The number of benzene rings is 1. The van der Waals surface area contributed by atoms with Crippen LogP contribution < -0.4 is 10.5 Å². The fourth-order valence-corrected chi connectivity index (χ4v) is 3.23. The summed E-state index contributed by atoms with van der Waals surface area (Å²) in [7, 11) is -3.66. The van der Waals surface area contributed by atoms with Crippen LogP contribution in [0.4, 0.5) is 15.8 Å². The van der Waals surface area contributed by atoms with E-state index >= 15 is 0 Å². The number of sulfonamides is 1. The van der Waals surface area contributed by atoms with Gasteiger partial charge in [0, 0.05) is 6.61 Å². The van der Waals surface area contributed by atoms with Crippen LogP contribution in [0.5, 0.6) is 0 Å². The van der Waals surface area contributed by atoms with E-state index in [4.69, 9.17) is 10.5 Å². The Kier molecular flexibility index (Phi) is 3.72. The van der Waals surface area contributed by atoms with E-state index in [1.54, 1.807) is 0 Å². The van der Waals surface area contributed by atoms with Gasteiger partial charge in [0.15, 0.2) is 0 Å². The molecule has 5 nitrogen and oxygen atoms in total. The molecule has 1 aliphatic heterocycles. The lowest BCUT2D eigenvalue weighted by Crippen LogP contribution is -2.26. The summed E-state index contributed by atoms with van der Waals surface area (Å²) in [5.74, 6) is -0.869. The van der Waals surface area contributed by atoms with Gasteiger partial charge in [-0.15, -0.1) is 0 Å². The highest BCUT2D eigenvalue weighted by atomic mass is 32.2. The summed E-state index contributed by atoms with van der Waals surface area (Å²) in [5.41, 5.74) is 5.40. The summed E-state index contributed by atoms with van der Waals surface area (Å²) in [6.45, 7) is 0.571. The van der Waals surface area contributed by atoms with Crippen molar-refractivity contribution in [3.63, 3.8) is 0 Å². The molecular weight excluding hydrogens is 259 g/mol. The second-order valence-corrected chi connectivity index (χ2v) is 5.99. The van der Waals surface area contributed by atoms with Crippen molar-refractivity contribution in [1.82, 2.24) is 0 Å². The maximum absolute atomic E-state index is 13.5. The predicted octanol–water partition coefficient (Wildman–Crippen LogP) is 1.33. The largest absolute Gasteiger partial charge is 0.397 e. The Bertz CT molecular complexity index is 507. The molecule has 1 unspecified atom stereocenters. The molecule has 1 saturated heterocycles. The smallest absolute Gasteiger partial charge is 0.235 e. The molecule has 1 aromatic rings. The molecule has 1 fully saturated rings. The second kappa shape index (κ2) is 5.11. The number of nitrogen functional groups attached to an aromatic ring is 1. The molecule has 0 saturated carbocycles. The number of nitrogens with one attached hydrogen (secondary N) is 1. The number of halogens is 1. The molecule has 0 aromatic heterocycles. The minimum atomic E-state index is -3.66. The van der Waals surface area contributed by atoms with Crippen molar-refractivity contribution in [1.29, 1.82) is 0 Å². The van der Waals surface area contributed by atoms with Crippen molar-refractivity contribution in [3.8, 4) is 0 Å². The third kappa shape index (κ3) is 3.11. The number of hydrogen-bond acceptors (Lipinski definition) is 4. The molecule has 1 aliphatic rings. The Morgan fingerprint density at radius 3 is 2.89 bits per heavy atom. The van der Waals surface area contributed by atoms with Gasteiger partial charge in [-0.05, 0) is 25.0 Å². The van der Waals surface area contributed by atoms with E-state index in [1.807, 2.05) is 0 Å². The zero-order valence-electron chi connectivity index (χ0n) is 9.73. The molecule has 1 atom stereocenters. The molecule has 0 aliphatic carbocycles. The monoisotopic (exact) mass is 274 g/mol. The van der Waals surface area contributed by atoms with Gasteiger partial charge in [-0.2, -0.15) is 0 Å². The van der Waals surface area contributed by atoms with E-state index in [2.05, 4.69) is 4.72 Å². The predicted molar refractivity (Wildman–Crippen MR) is 67.2 cm³/mol. The fourth-order valence-electron chi connectivity index (χ4n) is 1.87. The quantitative estimate of drug-likeness (QED) is 0.812. The van der Waals surface area contributed by atoms with Crippen LogP contribution in [0.15, 0.2) is 18.2 Å². The van der Waals surface area contributed by atoms with Crippen LogP contribution in [-0.2, 0) is 14.8 Å². The molecule has 0 radical (unpaired) electrons. The molecule has 1 aromatic carbocycles. The van der Waals surface area contributed by atoms with Crippen molar-refractivity contribution in [2.75, 3.05) is 22.8 Å². The van der Waals surface area contributed by atoms with Crippen LogP contribution >= 0.6 is 0 Å². The van der Waals surface area contributed by atoms with Gasteiger partial charge in [-0.1, -0.05) is 6.07 Å². The Morgan fingerprint density at radius 1 is 1.50 bits per heavy atom. The fraction of sp³-hybridized carbons (Fsp3) is 0.455. The van der Waals surface area contributed by atoms with Crippen LogP contribution in [-0.4, -0.2) is 26.9 Å². The highest BCUT2D eigenvalue weighted by Crippen LogP contribution is 2.24. The Hall–Kier alpha value is -1.34. The van der Waals surface area contributed by atoms with E-state index in [0.29, 0.717) is 13.0 Å². The second-order valence-electron chi connectivity index (χ2n) is 4.22. The van der Waals surface area contributed by atoms with Gasteiger partial charge in [0.1, 0.15) is 11.5 Å². The average molecular weight is 274 g/mol. The summed E-state index contributed by atoms with van der Waals surface area (Å²) < 4.78 is 44.6. The summed E-state index contributed by atoms with van der Waals surface area (Å²) in [5, 5.41) is 0. The third-order valence-corrected chi connectivity index (χ3v) is 4.06. The highest BCUT2D eigenvalue weighted by Gasteiger charge is 2.24. The molecular formula is C11H15FN2O3S.